The van der Waals surface area contributed by atoms with Gasteiger partial charge in [0.25, 0.3) is 0 Å². The fourth-order valence-corrected chi connectivity index (χ4v) is 2.72. The van der Waals surface area contributed by atoms with Crippen LogP contribution in [0.3, 0.4) is 0 Å². The summed E-state index contributed by atoms with van der Waals surface area (Å²) in [6.07, 6.45) is 5.58. The molecule has 0 spiro atoms. The van der Waals surface area contributed by atoms with Crippen molar-refractivity contribution in [3.8, 4) is 0 Å². The summed E-state index contributed by atoms with van der Waals surface area (Å²) in [7, 11) is 0. The molecule has 2 aromatic heterocycles. The number of fused-ring (bicyclic) bond motifs is 1. The molecule has 6 nitrogen and oxygen atoms in total. The van der Waals surface area contributed by atoms with E-state index in [0.29, 0.717) is 30.0 Å². The monoisotopic (exact) mass is 309 g/mol. The topological polar surface area (TPSA) is 86.0 Å². The van der Waals surface area contributed by atoms with Crippen LogP contribution in [0.15, 0.2) is 18.5 Å². The largest absolute Gasteiger partial charge is 0.383 e. The number of alkyl halides is 2. The average molecular weight is 309 g/mol. The van der Waals surface area contributed by atoms with Crippen LogP contribution in [0, 0.1) is 0 Å². The Morgan fingerprint density at radius 2 is 2.00 bits per heavy atom. The van der Waals surface area contributed by atoms with Crippen LogP contribution < -0.4 is 11.1 Å². The third kappa shape index (κ3) is 3.38. The maximum atomic E-state index is 12.2. The standard InChI is InChI=1S/C14H17F2N5O/c15-13(16)22-9-3-1-8(2-4-9)20-14-19-7-10-11(21-14)5-6-18-12(10)17/h5-9,13H,1-4H2,(H2,17,18)(H,19,20,21). The number of hydrogen-bond acceptors (Lipinski definition) is 6. The Hall–Kier alpha value is -2.09. The van der Waals surface area contributed by atoms with E-state index in [1.54, 1.807) is 18.5 Å². The molecule has 0 amide bonds. The molecule has 0 unspecified atom stereocenters. The molecule has 8 heteroatoms. The maximum absolute atomic E-state index is 12.2. The zero-order chi connectivity index (χ0) is 15.5. The van der Waals surface area contributed by atoms with Crippen LogP contribution in [-0.2, 0) is 4.74 Å². The summed E-state index contributed by atoms with van der Waals surface area (Å²) in [5.41, 5.74) is 6.48. The van der Waals surface area contributed by atoms with Crippen LogP contribution in [0.4, 0.5) is 20.5 Å². The van der Waals surface area contributed by atoms with Gasteiger partial charge in [-0.1, -0.05) is 0 Å². The van der Waals surface area contributed by atoms with Crippen LogP contribution in [0.25, 0.3) is 10.9 Å². The van der Waals surface area contributed by atoms with E-state index in [1.807, 2.05) is 0 Å². The molecule has 1 aliphatic rings. The van der Waals surface area contributed by atoms with Gasteiger partial charge in [-0.05, 0) is 31.7 Å². The summed E-state index contributed by atoms with van der Waals surface area (Å²) in [4.78, 5) is 12.6. The molecule has 0 bridgehead atoms. The third-order valence-corrected chi connectivity index (χ3v) is 3.84. The number of halogens is 2. The van der Waals surface area contributed by atoms with E-state index in [-0.39, 0.29) is 12.1 Å². The number of nitrogens with zero attached hydrogens (tertiary/aromatic N) is 3. The number of nitrogens with two attached hydrogens (primary N) is 1. The van der Waals surface area contributed by atoms with Crippen LogP contribution in [-0.4, -0.2) is 33.7 Å². The molecule has 22 heavy (non-hydrogen) atoms. The summed E-state index contributed by atoms with van der Waals surface area (Å²) in [6, 6.07) is 1.93. The molecule has 118 valence electrons. The predicted molar refractivity (Wildman–Crippen MR) is 78.5 cm³/mol. The molecular formula is C14H17F2N5O. The lowest BCUT2D eigenvalue weighted by atomic mass is 9.93. The normalized spacial score (nSPS) is 22.1. The number of nitrogen functional groups attached to an aromatic ring is 1. The van der Waals surface area contributed by atoms with Gasteiger partial charge in [0, 0.05) is 18.4 Å². The summed E-state index contributed by atoms with van der Waals surface area (Å²) in [6.45, 7) is -2.70. The van der Waals surface area contributed by atoms with E-state index in [4.69, 9.17) is 5.73 Å². The second-order valence-corrected chi connectivity index (χ2v) is 5.34. The SMILES string of the molecule is Nc1nccc2nc(NC3CCC(OC(F)F)CC3)ncc12. The van der Waals surface area contributed by atoms with Gasteiger partial charge < -0.3 is 15.8 Å². The highest BCUT2D eigenvalue weighted by molar-refractivity contribution is 5.87. The molecule has 1 aliphatic carbocycles. The van der Waals surface area contributed by atoms with Crippen LogP contribution >= 0.6 is 0 Å². The second kappa shape index (κ2) is 6.35. The molecule has 0 atom stereocenters. The molecule has 0 aromatic carbocycles. The molecule has 1 fully saturated rings. The zero-order valence-electron chi connectivity index (χ0n) is 11.9. The zero-order valence-corrected chi connectivity index (χ0v) is 11.9. The van der Waals surface area contributed by atoms with Gasteiger partial charge in [0.2, 0.25) is 5.95 Å². The van der Waals surface area contributed by atoms with Gasteiger partial charge >= 0.3 is 6.61 Å². The number of pyridine rings is 1. The lowest BCUT2D eigenvalue weighted by Crippen LogP contribution is -2.31. The maximum Gasteiger partial charge on any atom is 0.345 e. The van der Waals surface area contributed by atoms with E-state index in [0.717, 1.165) is 18.4 Å². The van der Waals surface area contributed by atoms with E-state index in [9.17, 15) is 8.78 Å². The lowest BCUT2D eigenvalue weighted by Gasteiger charge is -2.28. The number of hydrogen-bond donors (Lipinski definition) is 2. The molecular weight excluding hydrogens is 292 g/mol. The quantitative estimate of drug-likeness (QED) is 0.903. The first-order chi connectivity index (χ1) is 10.6. The van der Waals surface area contributed by atoms with Crippen molar-refractivity contribution in [2.24, 2.45) is 0 Å². The fraction of sp³-hybridized carbons (Fsp3) is 0.500. The third-order valence-electron chi connectivity index (χ3n) is 3.84. The second-order valence-electron chi connectivity index (χ2n) is 5.34. The van der Waals surface area contributed by atoms with E-state index < -0.39 is 6.61 Å². The fourth-order valence-electron chi connectivity index (χ4n) is 2.72. The summed E-state index contributed by atoms with van der Waals surface area (Å²) in [5, 5.41) is 3.95. The van der Waals surface area contributed by atoms with Gasteiger partial charge in [-0.15, -0.1) is 0 Å². The molecule has 1 saturated carbocycles. The van der Waals surface area contributed by atoms with Crippen LogP contribution in [0.1, 0.15) is 25.7 Å². The van der Waals surface area contributed by atoms with Gasteiger partial charge in [-0.2, -0.15) is 8.78 Å². The first-order valence-electron chi connectivity index (χ1n) is 7.19. The Labute approximate surface area is 126 Å². The summed E-state index contributed by atoms with van der Waals surface area (Å²) in [5.74, 6) is 0.907. The minimum Gasteiger partial charge on any atom is -0.383 e. The molecule has 3 rings (SSSR count). The highest BCUT2D eigenvalue weighted by Crippen LogP contribution is 2.25. The van der Waals surface area contributed by atoms with Crippen molar-refractivity contribution in [3.05, 3.63) is 18.5 Å². The molecule has 0 radical (unpaired) electrons. The number of nitrogens with one attached hydrogen (secondary N) is 1. The minimum atomic E-state index is -2.70. The van der Waals surface area contributed by atoms with Gasteiger partial charge in [-0.25, -0.2) is 15.0 Å². The number of ether oxygens (including phenoxy) is 1. The van der Waals surface area contributed by atoms with E-state index >= 15 is 0 Å². The number of anilines is 2. The highest BCUT2D eigenvalue weighted by atomic mass is 19.3. The van der Waals surface area contributed by atoms with Crippen molar-refractivity contribution in [3.63, 3.8) is 0 Å². The van der Waals surface area contributed by atoms with Crippen molar-refractivity contribution < 1.29 is 13.5 Å². The average Bonchev–Trinajstić information content (AvgIpc) is 2.49. The number of rotatable bonds is 4. The molecule has 0 saturated heterocycles. The summed E-state index contributed by atoms with van der Waals surface area (Å²) >= 11 is 0. The number of aromatic nitrogens is 3. The minimum absolute atomic E-state index is 0.161. The van der Waals surface area contributed by atoms with E-state index in [2.05, 4.69) is 25.0 Å². The lowest BCUT2D eigenvalue weighted by molar-refractivity contribution is -0.169. The first-order valence-corrected chi connectivity index (χ1v) is 7.19. The van der Waals surface area contributed by atoms with Crippen molar-refractivity contribution in [2.75, 3.05) is 11.1 Å². The van der Waals surface area contributed by atoms with Crippen LogP contribution in [0.5, 0.6) is 0 Å². The van der Waals surface area contributed by atoms with Crippen molar-refractivity contribution >= 4 is 22.7 Å². The Bertz CT molecular complexity index is 646. The first kappa shape index (κ1) is 14.8. The Morgan fingerprint density at radius 3 is 2.73 bits per heavy atom. The van der Waals surface area contributed by atoms with Gasteiger partial charge in [0.05, 0.1) is 17.0 Å². The van der Waals surface area contributed by atoms with Gasteiger partial charge in [0.15, 0.2) is 0 Å². The van der Waals surface area contributed by atoms with E-state index in [1.165, 1.54) is 0 Å². The predicted octanol–water partition coefficient (Wildman–Crippen LogP) is 2.57. The molecule has 2 aromatic rings. The molecule has 0 aliphatic heterocycles. The Kier molecular flexibility index (Phi) is 4.28. The smallest absolute Gasteiger partial charge is 0.345 e. The van der Waals surface area contributed by atoms with Crippen molar-refractivity contribution in [1.29, 1.82) is 0 Å². The molecule has 2 heterocycles. The van der Waals surface area contributed by atoms with Gasteiger partial charge in [0.1, 0.15) is 5.82 Å². The van der Waals surface area contributed by atoms with Crippen molar-refractivity contribution in [1.82, 2.24) is 15.0 Å². The highest BCUT2D eigenvalue weighted by Gasteiger charge is 2.24. The Balaban J connectivity index is 1.62. The Morgan fingerprint density at radius 1 is 1.23 bits per heavy atom. The van der Waals surface area contributed by atoms with Crippen LogP contribution in [0.2, 0.25) is 0 Å². The van der Waals surface area contributed by atoms with Crippen molar-refractivity contribution in [2.45, 2.75) is 44.4 Å². The van der Waals surface area contributed by atoms with Gasteiger partial charge in [-0.3, -0.25) is 0 Å². The molecule has 3 N–H and O–H groups in total. The summed E-state index contributed by atoms with van der Waals surface area (Å²) < 4.78 is 28.9.